The second kappa shape index (κ2) is 6.85. The van der Waals surface area contributed by atoms with Crippen LogP contribution in [0.3, 0.4) is 0 Å². The van der Waals surface area contributed by atoms with Gasteiger partial charge >= 0.3 is 12.4 Å². The van der Waals surface area contributed by atoms with Gasteiger partial charge < -0.3 is 4.74 Å². The number of rotatable bonds is 5. The van der Waals surface area contributed by atoms with Gasteiger partial charge in [-0.2, -0.15) is 26.3 Å². The molecule has 1 nitrogen and oxygen atoms in total. The van der Waals surface area contributed by atoms with Crippen LogP contribution in [-0.2, 0) is 25.4 Å². The standard InChI is InChI=1S/C19H16F6O/c20-18(21,22)15-8-14(9-16(10-15)19(23,24)25)11-26-17-5-3-13(4-6-17)7-12-1-2-12/h3-6,8-10,12H,1-2,7,11H2. The van der Waals surface area contributed by atoms with Gasteiger partial charge in [-0.3, -0.25) is 0 Å². The lowest BCUT2D eigenvalue weighted by Gasteiger charge is -2.15. The van der Waals surface area contributed by atoms with Gasteiger partial charge in [-0.05, 0) is 66.6 Å². The molecule has 3 rings (SSSR count). The number of hydrogen-bond acceptors (Lipinski definition) is 1. The molecular formula is C19H16F6O. The van der Waals surface area contributed by atoms with E-state index in [1.54, 1.807) is 12.1 Å². The van der Waals surface area contributed by atoms with Crippen molar-refractivity contribution in [2.24, 2.45) is 5.92 Å². The Morgan fingerprint density at radius 3 is 1.77 bits per heavy atom. The van der Waals surface area contributed by atoms with E-state index in [1.165, 1.54) is 12.8 Å². The lowest BCUT2D eigenvalue weighted by molar-refractivity contribution is -0.143. The third-order valence-electron chi connectivity index (χ3n) is 4.20. The minimum Gasteiger partial charge on any atom is -0.489 e. The molecule has 140 valence electrons. The summed E-state index contributed by atoms with van der Waals surface area (Å²) >= 11 is 0. The third-order valence-corrected chi connectivity index (χ3v) is 4.20. The Morgan fingerprint density at radius 2 is 1.31 bits per heavy atom. The van der Waals surface area contributed by atoms with E-state index in [0.717, 1.165) is 12.0 Å². The van der Waals surface area contributed by atoms with Crippen molar-refractivity contribution in [2.75, 3.05) is 0 Å². The molecule has 2 aromatic rings. The SMILES string of the molecule is FC(F)(F)c1cc(COc2ccc(CC3CC3)cc2)cc(C(F)(F)F)c1. The van der Waals surface area contributed by atoms with E-state index in [2.05, 4.69) is 0 Å². The predicted octanol–water partition coefficient (Wildman–Crippen LogP) is 6.26. The van der Waals surface area contributed by atoms with Crippen LogP contribution in [-0.4, -0.2) is 0 Å². The minimum atomic E-state index is -4.86. The van der Waals surface area contributed by atoms with Crippen molar-refractivity contribution in [1.29, 1.82) is 0 Å². The highest BCUT2D eigenvalue weighted by Gasteiger charge is 2.36. The molecule has 1 aliphatic rings. The first kappa shape index (κ1) is 18.6. The summed E-state index contributed by atoms with van der Waals surface area (Å²) in [5, 5.41) is 0. The zero-order chi connectivity index (χ0) is 18.9. The first-order chi connectivity index (χ1) is 12.1. The van der Waals surface area contributed by atoms with Gasteiger partial charge in [-0.25, -0.2) is 0 Å². The van der Waals surface area contributed by atoms with Crippen molar-refractivity contribution >= 4 is 0 Å². The van der Waals surface area contributed by atoms with Gasteiger partial charge in [0.1, 0.15) is 12.4 Å². The Hall–Kier alpha value is -2.18. The minimum absolute atomic E-state index is 0.107. The molecule has 0 radical (unpaired) electrons. The van der Waals surface area contributed by atoms with Gasteiger partial charge in [0.15, 0.2) is 0 Å². The van der Waals surface area contributed by atoms with Crippen LogP contribution >= 0.6 is 0 Å². The van der Waals surface area contributed by atoms with Gasteiger partial charge in [0.2, 0.25) is 0 Å². The number of ether oxygens (including phenoxy) is 1. The fraction of sp³-hybridized carbons (Fsp3) is 0.368. The maximum atomic E-state index is 12.8. The Bertz CT molecular complexity index is 725. The quantitative estimate of drug-likeness (QED) is 0.562. The summed E-state index contributed by atoms with van der Waals surface area (Å²) < 4.78 is 82.4. The molecule has 7 heteroatoms. The van der Waals surface area contributed by atoms with Gasteiger partial charge in [0, 0.05) is 0 Å². The van der Waals surface area contributed by atoms with Gasteiger partial charge in [0.25, 0.3) is 0 Å². The highest BCUT2D eigenvalue weighted by Crippen LogP contribution is 2.36. The Morgan fingerprint density at radius 1 is 0.769 bits per heavy atom. The number of benzene rings is 2. The smallest absolute Gasteiger partial charge is 0.416 e. The zero-order valence-corrected chi connectivity index (χ0v) is 13.6. The van der Waals surface area contributed by atoms with Gasteiger partial charge in [-0.15, -0.1) is 0 Å². The molecule has 0 aromatic heterocycles. The van der Waals surface area contributed by atoms with E-state index < -0.39 is 23.5 Å². The largest absolute Gasteiger partial charge is 0.489 e. The molecule has 1 fully saturated rings. The molecule has 0 heterocycles. The highest BCUT2D eigenvalue weighted by molar-refractivity contribution is 5.34. The van der Waals surface area contributed by atoms with Crippen LogP contribution in [0.15, 0.2) is 42.5 Å². The fourth-order valence-corrected chi connectivity index (χ4v) is 2.65. The summed E-state index contributed by atoms with van der Waals surface area (Å²) in [4.78, 5) is 0. The van der Waals surface area contributed by atoms with Crippen LogP contribution in [0.5, 0.6) is 5.75 Å². The molecule has 0 aliphatic heterocycles. The van der Waals surface area contributed by atoms with E-state index in [9.17, 15) is 26.3 Å². The van der Waals surface area contributed by atoms with Crippen LogP contribution in [0, 0.1) is 5.92 Å². The molecule has 0 N–H and O–H groups in total. The second-order valence-electron chi connectivity index (χ2n) is 6.49. The van der Waals surface area contributed by atoms with E-state index in [4.69, 9.17) is 4.74 Å². The van der Waals surface area contributed by atoms with Crippen molar-refractivity contribution in [2.45, 2.75) is 38.2 Å². The zero-order valence-electron chi connectivity index (χ0n) is 13.6. The van der Waals surface area contributed by atoms with Crippen LogP contribution in [0.25, 0.3) is 0 Å². The summed E-state index contributed by atoms with van der Waals surface area (Å²) in [7, 11) is 0. The Kier molecular flexibility index (Phi) is 4.90. The molecule has 26 heavy (non-hydrogen) atoms. The molecule has 0 saturated heterocycles. The molecule has 0 spiro atoms. The summed E-state index contributed by atoms with van der Waals surface area (Å²) in [6.07, 6.45) is -6.31. The Labute approximate surface area is 146 Å². The lowest BCUT2D eigenvalue weighted by atomic mass is 10.1. The maximum absolute atomic E-state index is 12.8. The number of alkyl halides is 6. The average Bonchev–Trinajstić information content (AvgIpc) is 3.36. The van der Waals surface area contributed by atoms with Gasteiger partial charge in [0.05, 0.1) is 11.1 Å². The van der Waals surface area contributed by atoms with Gasteiger partial charge in [-0.1, -0.05) is 12.1 Å². The molecule has 0 amide bonds. The highest BCUT2D eigenvalue weighted by atomic mass is 19.4. The summed E-state index contributed by atoms with van der Waals surface area (Å²) in [6, 6.07) is 8.54. The number of hydrogen-bond donors (Lipinski definition) is 0. The average molecular weight is 374 g/mol. The van der Waals surface area contributed by atoms with Crippen molar-refractivity contribution in [3.63, 3.8) is 0 Å². The second-order valence-corrected chi connectivity index (χ2v) is 6.49. The van der Waals surface area contributed by atoms with E-state index in [-0.39, 0.29) is 18.2 Å². The topological polar surface area (TPSA) is 9.23 Å². The number of halogens is 6. The molecular weight excluding hydrogens is 358 g/mol. The fourth-order valence-electron chi connectivity index (χ4n) is 2.65. The van der Waals surface area contributed by atoms with Crippen molar-refractivity contribution in [1.82, 2.24) is 0 Å². The van der Waals surface area contributed by atoms with E-state index >= 15 is 0 Å². The first-order valence-electron chi connectivity index (χ1n) is 8.11. The summed E-state index contributed by atoms with van der Waals surface area (Å²) in [5.41, 5.74) is -1.73. The first-order valence-corrected chi connectivity index (χ1v) is 8.11. The maximum Gasteiger partial charge on any atom is 0.416 e. The lowest BCUT2D eigenvalue weighted by Crippen LogP contribution is -2.12. The molecule has 0 atom stereocenters. The molecule has 0 bridgehead atoms. The molecule has 1 aliphatic carbocycles. The van der Waals surface area contributed by atoms with Crippen molar-refractivity contribution in [3.05, 3.63) is 64.7 Å². The predicted molar refractivity (Wildman–Crippen MR) is 83.6 cm³/mol. The van der Waals surface area contributed by atoms with Crippen molar-refractivity contribution < 1.29 is 31.1 Å². The monoisotopic (exact) mass is 374 g/mol. The van der Waals surface area contributed by atoms with Crippen molar-refractivity contribution in [3.8, 4) is 5.75 Å². The van der Waals surface area contributed by atoms with Crippen LogP contribution in [0.4, 0.5) is 26.3 Å². The summed E-state index contributed by atoms with van der Waals surface area (Å²) in [5.74, 6) is 1.11. The Balaban J connectivity index is 1.73. The van der Waals surface area contributed by atoms with E-state index in [1.807, 2.05) is 12.1 Å². The van der Waals surface area contributed by atoms with Crippen LogP contribution in [0.1, 0.15) is 35.1 Å². The van der Waals surface area contributed by atoms with E-state index in [0.29, 0.717) is 23.8 Å². The molecule has 0 unspecified atom stereocenters. The molecule has 2 aromatic carbocycles. The summed E-state index contributed by atoms with van der Waals surface area (Å²) in [6.45, 7) is -0.380. The normalized spacial score (nSPS) is 15.2. The molecule has 1 saturated carbocycles. The third kappa shape index (κ3) is 4.93. The van der Waals surface area contributed by atoms with Crippen LogP contribution < -0.4 is 4.74 Å². The van der Waals surface area contributed by atoms with Crippen LogP contribution in [0.2, 0.25) is 0 Å².